The Bertz CT molecular complexity index is 1280. The zero-order valence-corrected chi connectivity index (χ0v) is 21.4. The number of aromatic nitrogens is 4. The lowest BCUT2D eigenvalue weighted by Crippen LogP contribution is -2.54. The van der Waals surface area contributed by atoms with Gasteiger partial charge in [0.25, 0.3) is 5.91 Å². The molecule has 12 nitrogen and oxygen atoms in total. The first-order valence-electron chi connectivity index (χ1n) is 12.6. The van der Waals surface area contributed by atoms with Gasteiger partial charge in [0.05, 0.1) is 17.1 Å². The van der Waals surface area contributed by atoms with Gasteiger partial charge in [-0.05, 0) is 37.3 Å². The van der Waals surface area contributed by atoms with Crippen LogP contribution in [0, 0.1) is 5.92 Å². The zero-order chi connectivity index (χ0) is 26.5. The molecule has 1 fully saturated rings. The summed E-state index contributed by atoms with van der Waals surface area (Å²) in [6.07, 6.45) is 0.998. The number of unbranched alkanes of at least 4 members (excludes halogenated alkanes) is 1. The van der Waals surface area contributed by atoms with E-state index in [9.17, 15) is 19.5 Å². The second kappa shape index (κ2) is 11.6. The average molecular weight is 515 g/mol. The molecule has 0 radical (unpaired) electrons. The molecule has 2 atom stereocenters. The Morgan fingerprint density at radius 2 is 2.05 bits per heavy atom. The van der Waals surface area contributed by atoms with Crippen molar-refractivity contribution >= 4 is 23.0 Å². The lowest BCUT2D eigenvalue weighted by Gasteiger charge is -2.41. The van der Waals surface area contributed by atoms with E-state index in [2.05, 4.69) is 14.7 Å². The van der Waals surface area contributed by atoms with Crippen LogP contribution in [0.1, 0.15) is 55.5 Å². The van der Waals surface area contributed by atoms with Crippen molar-refractivity contribution in [3.05, 3.63) is 46.5 Å². The third kappa shape index (κ3) is 6.01. The van der Waals surface area contributed by atoms with E-state index in [0.29, 0.717) is 31.9 Å². The number of methoxy groups -OCH3 is 1. The second-order valence-corrected chi connectivity index (χ2v) is 9.88. The molecule has 0 spiro atoms. The van der Waals surface area contributed by atoms with E-state index in [1.165, 1.54) is 4.90 Å². The molecule has 200 valence electrons. The predicted molar refractivity (Wildman–Crippen MR) is 135 cm³/mol. The van der Waals surface area contributed by atoms with E-state index >= 15 is 0 Å². The fourth-order valence-electron chi connectivity index (χ4n) is 4.97. The van der Waals surface area contributed by atoms with Gasteiger partial charge in [-0.3, -0.25) is 14.3 Å². The van der Waals surface area contributed by atoms with Crippen LogP contribution in [0.5, 0.6) is 0 Å². The number of para-hydroxylation sites is 2. The number of hydrogen-bond donors (Lipinski definition) is 2. The maximum absolute atomic E-state index is 14.1. The van der Waals surface area contributed by atoms with Crippen molar-refractivity contribution < 1.29 is 24.0 Å². The van der Waals surface area contributed by atoms with E-state index in [1.807, 2.05) is 42.7 Å². The molecular formula is C25H34N6O6. The Kier molecular flexibility index (Phi) is 8.27. The molecule has 12 heteroatoms. The van der Waals surface area contributed by atoms with Crippen molar-refractivity contribution in [3.8, 4) is 0 Å². The summed E-state index contributed by atoms with van der Waals surface area (Å²) in [5.41, 5.74) is 1.61. The summed E-state index contributed by atoms with van der Waals surface area (Å²) in [5.74, 6) is -0.621. The van der Waals surface area contributed by atoms with Gasteiger partial charge in [0.15, 0.2) is 11.6 Å². The van der Waals surface area contributed by atoms with Crippen LogP contribution in [0.2, 0.25) is 0 Å². The van der Waals surface area contributed by atoms with Gasteiger partial charge in [-0.15, -0.1) is 0 Å². The number of carbonyl (C=O) groups is 2. The van der Waals surface area contributed by atoms with Gasteiger partial charge in [0.2, 0.25) is 0 Å². The number of aryl methyl sites for hydroxylation is 1. The number of carbonyl (C=O) groups excluding carboxylic acids is 1. The minimum atomic E-state index is -1.09. The molecule has 1 saturated heterocycles. The molecule has 2 amide bonds. The third-order valence-electron chi connectivity index (χ3n) is 6.63. The molecule has 0 bridgehead atoms. The molecule has 3 aromatic rings. The maximum atomic E-state index is 14.1. The largest absolute Gasteiger partial charge is 0.465 e. The smallest absolute Gasteiger partial charge is 0.438 e. The summed E-state index contributed by atoms with van der Waals surface area (Å²) >= 11 is 0. The quantitative estimate of drug-likeness (QED) is 0.393. The van der Waals surface area contributed by atoms with E-state index in [0.717, 1.165) is 23.9 Å². The minimum Gasteiger partial charge on any atom is -0.465 e. The molecule has 1 aliphatic heterocycles. The number of carboxylic acid groups (broad SMARTS) is 1. The van der Waals surface area contributed by atoms with E-state index < -0.39 is 23.8 Å². The monoisotopic (exact) mass is 514 g/mol. The highest BCUT2D eigenvalue weighted by molar-refractivity contribution is 5.95. The summed E-state index contributed by atoms with van der Waals surface area (Å²) in [6, 6.07) is 7.21. The molecule has 1 aliphatic rings. The van der Waals surface area contributed by atoms with Crippen LogP contribution in [0.4, 0.5) is 4.79 Å². The fraction of sp³-hybridized carbons (Fsp3) is 0.560. The SMILES string of the molecule is COCCCCn1c(C(=O)N(CC(C)C)[C@H]2C[C@@H](c3noc(=O)[nH]3)CN(C(=O)O)C2)nc2ccccc21. The first-order valence-corrected chi connectivity index (χ1v) is 12.6. The van der Waals surface area contributed by atoms with Crippen molar-refractivity contribution in [1.29, 1.82) is 0 Å². The Morgan fingerprint density at radius 1 is 1.27 bits per heavy atom. The Hall–Kier alpha value is -3.67. The van der Waals surface area contributed by atoms with Gasteiger partial charge in [0, 0.05) is 45.8 Å². The van der Waals surface area contributed by atoms with Crippen molar-refractivity contribution in [3.63, 3.8) is 0 Å². The predicted octanol–water partition coefficient (Wildman–Crippen LogP) is 2.77. The fourth-order valence-corrected chi connectivity index (χ4v) is 4.97. The Morgan fingerprint density at radius 3 is 2.73 bits per heavy atom. The molecule has 0 saturated carbocycles. The molecule has 1 aromatic carbocycles. The van der Waals surface area contributed by atoms with Crippen molar-refractivity contribution in [1.82, 2.24) is 29.5 Å². The number of nitrogens with one attached hydrogen (secondary N) is 1. The number of imidazole rings is 1. The van der Waals surface area contributed by atoms with Crippen LogP contribution < -0.4 is 5.76 Å². The number of fused-ring (bicyclic) bond motifs is 1. The molecule has 37 heavy (non-hydrogen) atoms. The maximum Gasteiger partial charge on any atom is 0.438 e. The molecule has 2 aromatic heterocycles. The first kappa shape index (κ1) is 26.4. The number of piperidine rings is 1. The summed E-state index contributed by atoms with van der Waals surface area (Å²) in [5, 5.41) is 13.6. The number of H-pyrrole nitrogens is 1. The number of hydrogen-bond acceptors (Lipinski definition) is 7. The number of likely N-dealkylation sites (tertiary alicyclic amines) is 1. The summed E-state index contributed by atoms with van der Waals surface area (Å²) < 4.78 is 11.8. The highest BCUT2D eigenvalue weighted by atomic mass is 16.5. The van der Waals surface area contributed by atoms with E-state index in [1.54, 1.807) is 12.0 Å². The number of nitrogens with zero attached hydrogens (tertiary/aromatic N) is 5. The van der Waals surface area contributed by atoms with Crippen LogP contribution in [0.15, 0.2) is 33.6 Å². The molecule has 0 unspecified atom stereocenters. The van der Waals surface area contributed by atoms with E-state index in [4.69, 9.17) is 9.72 Å². The van der Waals surface area contributed by atoms with E-state index in [-0.39, 0.29) is 30.7 Å². The summed E-state index contributed by atoms with van der Waals surface area (Å²) in [6.45, 7) is 5.99. The summed E-state index contributed by atoms with van der Waals surface area (Å²) in [7, 11) is 1.66. The van der Waals surface area contributed by atoms with Gasteiger partial charge in [-0.1, -0.05) is 31.1 Å². The first-order chi connectivity index (χ1) is 17.8. The minimum absolute atomic E-state index is 0.133. The highest BCUT2D eigenvalue weighted by Gasteiger charge is 2.38. The number of ether oxygens (including phenoxy) is 1. The van der Waals surface area contributed by atoms with Gasteiger partial charge in [-0.25, -0.2) is 14.6 Å². The molecule has 0 aliphatic carbocycles. The van der Waals surface area contributed by atoms with Crippen molar-refractivity contribution in [2.24, 2.45) is 5.92 Å². The lowest BCUT2D eigenvalue weighted by atomic mass is 9.92. The van der Waals surface area contributed by atoms with Crippen LogP contribution in [-0.4, -0.2) is 86.0 Å². The Balaban J connectivity index is 1.69. The van der Waals surface area contributed by atoms with Crippen molar-refractivity contribution in [2.45, 2.75) is 51.6 Å². The standard InChI is InChI=1S/C25H34N6O6/c1-16(2)13-31(18-12-17(14-29(15-18)25(34)35)21-27-24(33)37-28-21)23(32)22-26-19-8-4-5-9-20(19)30(22)10-6-7-11-36-3/h4-5,8-9,16-18H,6-7,10-15H2,1-3H3,(H,34,35)(H,27,28,33)/t17-,18+/m1/s1. The summed E-state index contributed by atoms with van der Waals surface area (Å²) in [4.78, 5) is 47.9. The van der Waals surface area contributed by atoms with Gasteiger partial charge < -0.3 is 24.2 Å². The van der Waals surface area contributed by atoms with Crippen LogP contribution in [-0.2, 0) is 11.3 Å². The third-order valence-corrected chi connectivity index (χ3v) is 6.63. The van der Waals surface area contributed by atoms with Gasteiger partial charge >= 0.3 is 11.8 Å². The van der Waals surface area contributed by atoms with Gasteiger partial charge in [0.1, 0.15) is 0 Å². The lowest BCUT2D eigenvalue weighted by molar-refractivity contribution is 0.0452. The van der Waals surface area contributed by atoms with Crippen molar-refractivity contribution in [2.75, 3.05) is 33.4 Å². The average Bonchev–Trinajstić information content (AvgIpc) is 3.48. The van der Waals surface area contributed by atoms with Crippen LogP contribution >= 0.6 is 0 Å². The number of amides is 2. The number of aromatic amines is 1. The topological polar surface area (TPSA) is 147 Å². The number of benzene rings is 1. The van der Waals surface area contributed by atoms with Gasteiger partial charge in [-0.2, -0.15) is 0 Å². The molecular weight excluding hydrogens is 480 g/mol. The van der Waals surface area contributed by atoms with Crippen LogP contribution in [0.3, 0.4) is 0 Å². The zero-order valence-electron chi connectivity index (χ0n) is 21.4. The van der Waals surface area contributed by atoms with Crippen LogP contribution in [0.25, 0.3) is 11.0 Å². The molecule has 3 heterocycles. The molecule has 2 N–H and O–H groups in total. The Labute approximate surface area is 214 Å². The molecule has 4 rings (SSSR count). The second-order valence-electron chi connectivity index (χ2n) is 9.88. The highest BCUT2D eigenvalue weighted by Crippen LogP contribution is 2.29. The number of rotatable bonds is 10. The normalized spacial score (nSPS) is 18.0.